The number of fused-ring (bicyclic) bond motifs is 1. The smallest absolute Gasteiger partial charge is 0.296 e. The number of H-pyrrole nitrogens is 1. The SMILES string of the molecule is CC(O)C(COCCO)Oc1nc2nc(-c3ccc(-c4ccccc4)cc3)c(Cl)cc2[nH]1. The molecule has 4 aromatic rings. The van der Waals surface area contributed by atoms with Crippen LogP contribution in [0.25, 0.3) is 33.5 Å². The average Bonchev–Trinajstić information content (AvgIpc) is 3.19. The van der Waals surface area contributed by atoms with Crippen molar-refractivity contribution in [2.24, 2.45) is 0 Å². The molecule has 2 unspecified atom stereocenters. The van der Waals surface area contributed by atoms with E-state index >= 15 is 0 Å². The van der Waals surface area contributed by atoms with E-state index in [-0.39, 0.29) is 25.8 Å². The van der Waals surface area contributed by atoms with E-state index in [2.05, 4.69) is 27.1 Å². The minimum absolute atomic E-state index is 0.102. The van der Waals surface area contributed by atoms with Gasteiger partial charge in [-0.05, 0) is 24.1 Å². The van der Waals surface area contributed by atoms with E-state index < -0.39 is 12.2 Å². The maximum atomic E-state index is 9.94. The number of hydrogen-bond donors (Lipinski definition) is 3. The lowest BCUT2D eigenvalue weighted by atomic mass is 10.0. The molecule has 4 rings (SSSR count). The molecule has 0 aliphatic heterocycles. The van der Waals surface area contributed by atoms with Gasteiger partial charge in [0.05, 0.1) is 42.2 Å². The van der Waals surface area contributed by atoms with Crippen LogP contribution in [0.1, 0.15) is 6.92 Å². The molecule has 32 heavy (non-hydrogen) atoms. The van der Waals surface area contributed by atoms with Crippen LogP contribution in [0.5, 0.6) is 6.01 Å². The molecule has 2 aromatic heterocycles. The third-order valence-electron chi connectivity index (χ3n) is 4.99. The lowest BCUT2D eigenvalue weighted by Gasteiger charge is -2.19. The second-order valence-electron chi connectivity index (χ2n) is 7.37. The van der Waals surface area contributed by atoms with E-state index in [4.69, 9.17) is 26.2 Å². The summed E-state index contributed by atoms with van der Waals surface area (Å²) >= 11 is 6.51. The van der Waals surface area contributed by atoms with Crippen molar-refractivity contribution in [3.63, 3.8) is 0 Å². The molecule has 2 heterocycles. The number of aromatic amines is 1. The highest BCUT2D eigenvalue weighted by Crippen LogP contribution is 2.31. The van der Waals surface area contributed by atoms with Gasteiger partial charge in [0.25, 0.3) is 6.01 Å². The predicted molar refractivity (Wildman–Crippen MR) is 124 cm³/mol. The van der Waals surface area contributed by atoms with Crippen molar-refractivity contribution in [3.05, 3.63) is 65.7 Å². The van der Waals surface area contributed by atoms with Crippen LogP contribution in [-0.4, -0.2) is 57.2 Å². The van der Waals surface area contributed by atoms with Gasteiger partial charge < -0.3 is 24.7 Å². The third kappa shape index (κ3) is 5.08. The van der Waals surface area contributed by atoms with Crippen LogP contribution >= 0.6 is 11.6 Å². The van der Waals surface area contributed by atoms with E-state index in [1.165, 1.54) is 0 Å². The van der Waals surface area contributed by atoms with Crippen molar-refractivity contribution in [1.29, 1.82) is 0 Å². The highest BCUT2D eigenvalue weighted by Gasteiger charge is 2.20. The summed E-state index contributed by atoms with van der Waals surface area (Å²) in [6.07, 6.45) is -1.44. The van der Waals surface area contributed by atoms with Crippen molar-refractivity contribution >= 4 is 22.8 Å². The predicted octanol–water partition coefficient (Wildman–Crippen LogP) is 4.08. The van der Waals surface area contributed by atoms with Gasteiger partial charge in [-0.3, -0.25) is 0 Å². The molecular formula is C24H24ClN3O4. The summed E-state index contributed by atoms with van der Waals surface area (Å²) in [4.78, 5) is 12.0. The Morgan fingerprint density at radius 1 is 1.00 bits per heavy atom. The van der Waals surface area contributed by atoms with Gasteiger partial charge in [0.1, 0.15) is 0 Å². The number of nitrogens with one attached hydrogen (secondary N) is 1. The highest BCUT2D eigenvalue weighted by molar-refractivity contribution is 6.33. The van der Waals surface area contributed by atoms with E-state index in [1.807, 2.05) is 42.5 Å². The summed E-state index contributed by atoms with van der Waals surface area (Å²) in [5, 5.41) is 19.3. The second-order valence-corrected chi connectivity index (χ2v) is 7.78. The van der Waals surface area contributed by atoms with Gasteiger partial charge in [-0.25, -0.2) is 4.98 Å². The Morgan fingerprint density at radius 3 is 2.38 bits per heavy atom. The minimum Gasteiger partial charge on any atom is -0.456 e. The number of pyridine rings is 1. The van der Waals surface area contributed by atoms with E-state index in [1.54, 1.807) is 13.0 Å². The topological polar surface area (TPSA) is 100 Å². The number of hydrogen-bond acceptors (Lipinski definition) is 6. The Balaban J connectivity index is 1.57. The lowest BCUT2D eigenvalue weighted by Crippen LogP contribution is -2.34. The first kappa shape index (κ1) is 22.2. The number of nitrogens with zero attached hydrogens (tertiary/aromatic N) is 2. The molecule has 2 aromatic carbocycles. The van der Waals surface area contributed by atoms with Crippen molar-refractivity contribution in [2.75, 3.05) is 19.8 Å². The molecule has 166 valence electrons. The quantitative estimate of drug-likeness (QED) is 0.330. The molecule has 0 radical (unpaired) electrons. The number of imidazole rings is 1. The largest absolute Gasteiger partial charge is 0.456 e. The van der Waals surface area contributed by atoms with Crippen LogP contribution in [0, 0.1) is 0 Å². The van der Waals surface area contributed by atoms with Gasteiger partial charge >= 0.3 is 0 Å². The average molecular weight is 454 g/mol. The fourth-order valence-corrected chi connectivity index (χ4v) is 3.54. The number of aliphatic hydroxyl groups excluding tert-OH is 2. The van der Waals surface area contributed by atoms with Crippen LogP contribution < -0.4 is 4.74 Å². The zero-order valence-corrected chi connectivity index (χ0v) is 18.3. The van der Waals surface area contributed by atoms with Crippen LogP contribution in [0.4, 0.5) is 0 Å². The molecule has 0 spiro atoms. The number of aliphatic hydroxyl groups is 2. The van der Waals surface area contributed by atoms with E-state index in [0.29, 0.717) is 21.9 Å². The molecular weight excluding hydrogens is 430 g/mol. The zero-order valence-electron chi connectivity index (χ0n) is 17.5. The monoisotopic (exact) mass is 453 g/mol. The molecule has 8 heteroatoms. The third-order valence-corrected chi connectivity index (χ3v) is 5.28. The Labute approximate surface area is 190 Å². The summed E-state index contributed by atoms with van der Waals surface area (Å²) in [5.41, 5.74) is 4.81. The lowest BCUT2D eigenvalue weighted by molar-refractivity contribution is -0.0265. The summed E-state index contributed by atoms with van der Waals surface area (Å²) < 4.78 is 11.0. The second kappa shape index (κ2) is 10.1. The van der Waals surface area contributed by atoms with Crippen LogP contribution in [0.2, 0.25) is 5.02 Å². The fraction of sp³-hybridized carbons (Fsp3) is 0.250. The number of ether oxygens (including phenoxy) is 2. The van der Waals surface area contributed by atoms with E-state index in [9.17, 15) is 5.11 Å². The molecule has 0 aliphatic rings. The normalized spacial score (nSPS) is 13.2. The van der Waals surface area contributed by atoms with Crippen LogP contribution in [0.3, 0.4) is 0 Å². The molecule has 2 atom stereocenters. The van der Waals surface area contributed by atoms with E-state index in [0.717, 1.165) is 16.7 Å². The molecule has 3 N–H and O–H groups in total. The molecule has 0 bridgehead atoms. The van der Waals surface area contributed by atoms with Gasteiger partial charge in [-0.2, -0.15) is 4.98 Å². The number of benzene rings is 2. The molecule has 0 amide bonds. The summed E-state index contributed by atoms with van der Waals surface area (Å²) in [6.45, 7) is 1.77. The highest BCUT2D eigenvalue weighted by atomic mass is 35.5. The summed E-state index contributed by atoms with van der Waals surface area (Å²) in [7, 11) is 0. The number of aromatic nitrogens is 3. The van der Waals surface area contributed by atoms with Gasteiger partial charge in [-0.1, -0.05) is 66.2 Å². The van der Waals surface area contributed by atoms with Crippen molar-refractivity contribution in [2.45, 2.75) is 19.1 Å². The standard InChI is InChI=1S/C24H24ClN3O4/c1-15(30)21(14-31-12-11-29)32-24-26-20-13-19(25)22(27-23(20)28-24)18-9-7-17(8-10-18)16-5-3-2-4-6-16/h2-10,13,15,21,29-30H,11-12,14H2,1H3,(H,26,27,28). The first-order chi connectivity index (χ1) is 15.5. The first-order valence-corrected chi connectivity index (χ1v) is 10.7. The van der Waals surface area contributed by atoms with Crippen molar-refractivity contribution < 1.29 is 19.7 Å². The van der Waals surface area contributed by atoms with Crippen molar-refractivity contribution in [3.8, 4) is 28.4 Å². The van der Waals surface area contributed by atoms with Crippen molar-refractivity contribution in [1.82, 2.24) is 15.0 Å². The van der Waals surface area contributed by atoms with Crippen LogP contribution in [0.15, 0.2) is 60.7 Å². The van der Waals surface area contributed by atoms with Gasteiger partial charge in [0.2, 0.25) is 0 Å². The molecule has 0 fully saturated rings. The Kier molecular flexibility index (Phi) is 7.02. The maximum absolute atomic E-state index is 9.94. The summed E-state index contributed by atoms with van der Waals surface area (Å²) in [5.74, 6) is 0. The minimum atomic E-state index is -0.794. The molecule has 0 saturated heterocycles. The van der Waals surface area contributed by atoms with Crippen LogP contribution in [-0.2, 0) is 4.74 Å². The number of halogens is 1. The molecule has 0 saturated carbocycles. The van der Waals surface area contributed by atoms with Gasteiger partial charge in [0, 0.05) is 5.56 Å². The Morgan fingerprint density at radius 2 is 1.69 bits per heavy atom. The van der Waals surface area contributed by atoms with Gasteiger partial charge in [-0.15, -0.1) is 0 Å². The van der Waals surface area contributed by atoms with Gasteiger partial charge in [0.15, 0.2) is 11.8 Å². The number of rotatable bonds is 9. The summed E-state index contributed by atoms with van der Waals surface area (Å²) in [6, 6.07) is 20.1. The first-order valence-electron chi connectivity index (χ1n) is 10.3. The fourth-order valence-electron chi connectivity index (χ4n) is 3.28. The molecule has 0 aliphatic carbocycles. The Bertz CT molecular complexity index is 1160. The zero-order chi connectivity index (χ0) is 22.5. The Hall–Kier alpha value is -2.97. The molecule has 7 nitrogen and oxygen atoms in total. The maximum Gasteiger partial charge on any atom is 0.296 e.